The van der Waals surface area contributed by atoms with E-state index >= 15 is 0 Å². The lowest BCUT2D eigenvalue weighted by atomic mass is 9.56. The molecular formula is C17H26BN2S. The summed E-state index contributed by atoms with van der Waals surface area (Å²) in [6.07, 6.45) is 5.29. The summed E-state index contributed by atoms with van der Waals surface area (Å²) in [4.78, 5) is 1.15. The monoisotopic (exact) mass is 301 g/mol. The van der Waals surface area contributed by atoms with Crippen LogP contribution in [0.2, 0.25) is 0 Å². The second-order valence-corrected chi connectivity index (χ2v) is 8.60. The van der Waals surface area contributed by atoms with Crippen molar-refractivity contribution in [1.29, 1.82) is 0 Å². The van der Waals surface area contributed by atoms with Crippen molar-refractivity contribution in [2.24, 2.45) is 21.7 Å². The third-order valence-corrected chi connectivity index (χ3v) is 4.79. The van der Waals surface area contributed by atoms with E-state index in [2.05, 4.69) is 61.0 Å². The maximum Gasteiger partial charge on any atom is 0.189 e. The average Bonchev–Trinajstić information content (AvgIpc) is 2.90. The van der Waals surface area contributed by atoms with Gasteiger partial charge in [0.15, 0.2) is 7.28 Å². The highest BCUT2D eigenvalue weighted by atomic mass is 32.2. The normalized spacial score (nSPS) is 20.0. The molecule has 0 unspecified atom stereocenters. The highest BCUT2D eigenvalue weighted by molar-refractivity contribution is 8.01. The molecule has 1 aliphatic carbocycles. The molecule has 2 nitrogen and oxygen atoms in total. The predicted octanol–water partition coefficient (Wildman–Crippen LogP) is 4.04. The van der Waals surface area contributed by atoms with Crippen LogP contribution in [0.25, 0.3) is 0 Å². The summed E-state index contributed by atoms with van der Waals surface area (Å²) in [5.74, 6) is 0. The van der Waals surface area contributed by atoms with Gasteiger partial charge in [-0.05, 0) is 46.9 Å². The van der Waals surface area contributed by atoms with Crippen molar-refractivity contribution >= 4 is 19.2 Å². The SMILES string of the molecule is CC(C)(C)C1=CC(N)=C(C2=C(SN)C=C(C(C)(C)C)C2)[B]1. The maximum atomic E-state index is 6.28. The lowest BCUT2D eigenvalue weighted by Crippen LogP contribution is -2.15. The standard InChI is InChI=1S/C17H26BN2S/c1-16(2,3)10-7-11(13(8-10)21-20)15-12(19)9-14(18-15)17(4,5)6/h8-9H,7,19-20H2,1-6H3. The molecule has 0 saturated carbocycles. The smallest absolute Gasteiger partial charge is 0.189 e. The van der Waals surface area contributed by atoms with Crippen LogP contribution < -0.4 is 10.9 Å². The van der Waals surface area contributed by atoms with Crippen LogP contribution in [-0.2, 0) is 0 Å². The van der Waals surface area contributed by atoms with Gasteiger partial charge in [-0.2, -0.15) is 0 Å². The van der Waals surface area contributed by atoms with Gasteiger partial charge >= 0.3 is 0 Å². The molecule has 0 bridgehead atoms. The second kappa shape index (κ2) is 5.40. The minimum absolute atomic E-state index is 0.113. The van der Waals surface area contributed by atoms with Crippen LogP contribution in [0.15, 0.2) is 44.8 Å². The van der Waals surface area contributed by atoms with E-state index in [-0.39, 0.29) is 10.8 Å². The highest BCUT2D eigenvalue weighted by Gasteiger charge is 2.31. The lowest BCUT2D eigenvalue weighted by molar-refractivity contribution is 0.495. The summed E-state index contributed by atoms with van der Waals surface area (Å²) in [5, 5.41) is 5.88. The molecule has 0 saturated heterocycles. The van der Waals surface area contributed by atoms with Crippen molar-refractivity contribution in [1.82, 2.24) is 0 Å². The zero-order valence-corrected chi connectivity index (χ0v) is 14.8. The number of allylic oxidation sites excluding steroid dienone is 6. The molecule has 2 aliphatic rings. The van der Waals surface area contributed by atoms with Crippen molar-refractivity contribution in [3.8, 4) is 0 Å². The zero-order valence-electron chi connectivity index (χ0n) is 14.0. The third-order valence-electron chi connectivity index (χ3n) is 4.17. The van der Waals surface area contributed by atoms with Crippen LogP contribution in [0.4, 0.5) is 0 Å². The first-order chi connectivity index (χ1) is 9.54. The van der Waals surface area contributed by atoms with Crippen molar-refractivity contribution in [3.63, 3.8) is 0 Å². The van der Waals surface area contributed by atoms with Gasteiger partial charge in [0.05, 0.1) is 0 Å². The summed E-state index contributed by atoms with van der Waals surface area (Å²) >= 11 is 1.33. The molecule has 4 heteroatoms. The second-order valence-electron chi connectivity index (χ2n) is 7.92. The molecule has 1 radical (unpaired) electrons. The van der Waals surface area contributed by atoms with E-state index in [0.29, 0.717) is 0 Å². The first kappa shape index (κ1) is 16.5. The molecule has 0 spiro atoms. The molecule has 4 N–H and O–H groups in total. The van der Waals surface area contributed by atoms with Crippen LogP contribution in [0.1, 0.15) is 48.0 Å². The fourth-order valence-corrected chi connectivity index (χ4v) is 3.14. The van der Waals surface area contributed by atoms with Crippen molar-refractivity contribution in [3.05, 3.63) is 44.8 Å². The van der Waals surface area contributed by atoms with E-state index in [1.165, 1.54) is 28.6 Å². The molecule has 2 rings (SSSR count). The van der Waals surface area contributed by atoms with Gasteiger partial charge in [-0.1, -0.05) is 58.1 Å². The van der Waals surface area contributed by atoms with Crippen LogP contribution in [-0.4, -0.2) is 7.28 Å². The molecule has 1 heterocycles. The van der Waals surface area contributed by atoms with Crippen molar-refractivity contribution in [2.45, 2.75) is 48.0 Å². The molecule has 113 valence electrons. The third kappa shape index (κ3) is 3.32. The molecule has 0 atom stereocenters. The van der Waals surface area contributed by atoms with Crippen LogP contribution in [0.5, 0.6) is 0 Å². The Hall–Kier alpha value is -0.865. The molecule has 0 aromatic rings. The average molecular weight is 301 g/mol. The molecule has 0 aromatic carbocycles. The quantitative estimate of drug-likeness (QED) is 0.598. The summed E-state index contributed by atoms with van der Waals surface area (Å²) in [6, 6.07) is 0. The van der Waals surface area contributed by atoms with E-state index in [9.17, 15) is 0 Å². The van der Waals surface area contributed by atoms with Crippen molar-refractivity contribution in [2.75, 3.05) is 0 Å². The highest BCUT2D eigenvalue weighted by Crippen LogP contribution is 2.44. The Kier molecular flexibility index (Phi) is 4.24. The molecule has 0 fully saturated rings. The van der Waals surface area contributed by atoms with E-state index in [0.717, 1.165) is 22.5 Å². The maximum absolute atomic E-state index is 6.28. The fraction of sp³-hybridized carbons (Fsp3) is 0.529. The summed E-state index contributed by atoms with van der Waals surface area (Å²) < 4.78 is 0. The first-order valence-electron chi connectivity index (χ1n) is 7.42. The van der Waals surface area contributed by atoms with E-state index in [1.807, 2.05) is 0 Å². The predicted molar refractivity (Wildman–Crippen MR) is 95.5 cm³/mol. The van der Waals surface area contributed by atoms with Crippen LogP contribution in [0.3, 0.4) is 0 Å². The molecule has 0 aromatic heterocycles. The van der Waals surface area contributed by atoms with Crippen LogP contribution in [0, 0.1) is 10.8 Å². The Labute approximate surface area is 134 Å². The molecule has 1 aliphatic heterocycles. The fourth-order valence-electron chi connectivity index (χ4n) is 2.61. The minimum Gasteiger partial charge on any atom is -0.399 e. The van der Waals surface area contributed by atoms with Gasteiger partial charge in [0.2, 0.25) is 0 Å². The first-order valence-corrected chi connectivity index (χ1v) is 8.30. The zero-order chi connectivity index (χ0) is 16.0. The molecular weight excluding hydrogens is 275 g/mol. The van der Waals surface area contributed by atoms with Crippen molar-refractivity contribution < 1.29 is 0 Å². The molecule has 21 heavy (non-hydrogen) atoms. The van der Waals surface area contributed by atoms with Gasteiger partial charge < -0.3 is 5.73 Å². The molecule has 0 amide bonds. The van der Waals surface area contributed by atoms with Gasteiger partial charge in [0.25, 0.3) is 0 Å². The van der Waals surface area contributed by atoms with Gasteiger partial charge in [-0.25, -0.2) is 0 Å². The van der Waals surface area contributed by atoms with Gasteiger partial charge in [0, 0.05) is 10.6 Å². The summed E-state index contributed by atoms with van der Waals surface area (Å²) in [5.41, 5.74) is 12.6. The lowest BCUT2D eigenvalue weighted by Gasteiger charge is -2.22. The summed E-state index contributed by atoms with van der Waals surface area (Å²) in [7, 11) is 2.24. The minimum atomic E-state index is 0.113. The Morgan fingerprint density at radius 1 is 1.05 bits per heavy atom. The summed E-state index contributed by atoms with van der Waals surface area (Å²) in [6.45, 7) is 13.4. The van der Waals surface area contributed by atoms with Gasteiger partial charge in [0.1, 0.15) is 0 Å². The number of hydrogen-bond acceptors (Lipinski definition) is 3. The topological polar surface area (TPSA) is 52.0 Å². The largest absolute Gasteiger partial charge is 0.399 e. The van der Waals surface area contributed by atoms with E-state index < -0.39 is 0 Å². The Morgan fingerprint density at radius 2 is 1.67 bits per heavy atom. The van der Waals surface area contributed by atoms with E-state index in [1.54, 1.807) is 0 Å². The number of hydrogen-bond donors (Lipinski definition) is 2. The van der Waals surface area contributed by atoms with Crippen LogP contribution >= 0.6 is 11.9 Å². The van der Waals surface area contributed by atoms with E-state index in [4.69, 9.17) is 10.9 Å². The Balaban J connectivity index is 2.28. The number of nitrogens with two attached hydrogens (primary N) is 2. The van der Waals surface area contributed by atoms with Gasteiger partial charge in [-0.15, -0.1) is 0 Å². The Morgan fingerprint density at radius 3 is 2.10 bits per heavy atom. The Bertz CT molecular complexity index is 581. The number of rotatable bonds is 2. The van der Waals surface area contributed by atoms with Gasteiger partial charge in [-0.3, -0.25) is 5.14 Å².